The second-order valence-corrected chi connectivity index (χ2v) is 10.1. The largest absolute Gasteiger partial charge is 0.338 e. The normalized spacial score (nSPS) is 14.4. The van der Waals surface area contributed by atoms with Crippen LogP contribution in [-0.4, -0.2) is 28.0 Å². The Bertz CT molecular complexity index is 711. The highest BCUT2D eigenvalue weighted by Gasteiger charge is 2.34. The van der Waals surface area contributed by atoms with Crippen LogP contribution in [0, 0.1) is 0 Å². The van der Waals surface area contributed by atoms with Gasteiger partial charge in [0.1, 0.15) is 5.66 Å². The first-order valence-electron chi connectivity index (χ1n) is 11.0. The maximum Gasteiger partial charge on any atom is 0.338 e. The van der Waals surface area contributed by atoms with Crippen LogP contribution in [-0.2, 0) is 14.2 Å². The van der Waals surface area contributed by atoms with Gasteiger partial charge in [0.25, 0.3) is 5.91 Å². The average molecular weight is 456 g/mol. The summed E-state index contributed by atoms with van der Waals surface area (Å²) in [6.07, 6.45) is 15.0. The molecule has 0 heterocycles. The van der Waals surface area contributed by atoms with E-state index in [9.17, 15) is 9.36 Å². The Hall–Kier alpha value is -1.46. The molecule has 7 heteroatoms. The molecule has 0 bridgehead atoms. The van der Waals surface area contributed by atoms with Crippen molar-refractivity contribution >= 4 is 13.5 Å². The third-order valence-corrected chi connectivity index (χ3v) is 6.35. The van der Waals surface area contributed by atoms with E-state index in [1.54, 1.807) is 6.92 Å². The zero-order chi connectivity index (χ0) is 23.9. The van der Waals surface area contributed by atoms with Crippen molar-refractivity contribution < 1.29 is 24.0 Å². The molecule has 0 spiro atoms. The molecule has 0 aromatic heterocycles. The predicted octanol–water partition coefficient (Wildman–Crippen LogP) is 6.14. The van der Waals surface area contributed by atoms with Crippen molar-refractivity contribution in [3.8, 4) is 0 Å². The lowest BCUT2D eigenvalue weighted by Gasteiger charge is -2.15. The first-order valence-corrected chi connectivity index (χ1v) is 12.7. The second-order valence-electron chi connectivity index (χ2n) is 8.34. The molecule has 0 saturated carbocycles. The van der Waals surface area contributed by atoms with Gasteiger partial charge in [-0.25, -0.2) is 5.48 Å². The van der Waals surface area contributed by atoms with Crippen LogP contribution < -0.4 is 5.48 Å². The fourth-order valence-corrected chi connectivity index (χ4v) is 3.76. The van der Waals surface area contributed by atoms with Gasteiger partial charge in [0.05, 0.1) is 6.61 Å². The van der Waals surface area contributed by atoms with Crippen LogP contribution in [0.1, 0.15) is 86.5 Å². The number of carbonyl (C=O) groups excluding carboxylic acids is 1. The Balaban J connectivity index is 4.17. The van der Waals surface area contributed by atoms with E-state index in [0.29, 0.717) is 0 Å². The number of rotatable bonds is 15. The van der Waals surface area contributed by atoms with Gasteiger partial charge < -0.3 is 9.79 Å². The summed E-state index contributed by atoms with van der Waals surface area (Å²) in [5, 5.41) is 0. The van der Waals surface area contributed by atoms with Crippen LogP contribution in [0.15, 0.2) is 46.6 Å². The molecule has 0 aliphatic rings. The third kappa shape index (κ3) is 15.9. The molecule has 31 heavy (non-hydrogen) atoms. The number of allylic oxidation sites excluding steroid dienone is 7. The summed E-state index contributed by atoms with van der Waals surface area (Å²) in [7, 11) is -4.47. The number of hydrogen-bond acceptors (Lipinski definition) is 3. The molecule has 0 aromatic carbocycles. The van der Waals surface area contributed by atoms with Crippen LogP contribution in [0.5, 0.6) is 0 Å². The zero-order valence-electron chi connectivity index (χ0n) is 20.1. The first-order chi connectivity index (χ1) is 14.5. The minimum Gasteiger partial charge on any atom is -0.324 e. The summed E-state index contributed by atoms with van der Waals surface area (Å²) in [5.74, 6) is -0.790. The molecule has 0 aliphatic carbocycles. The van der Waals surface area contributed by atoms with Gasteiger partial charge in [0.15, 0.2) is 0 Å². The minimum absolute atomic E-state index is 0.0469. The van der Waals surface area contributed by atoms with Gasteiger partial charge in [-0.2, -0.15) is 0 Å². The summed E-state index contributed by atoms with van der Waals surface area (Å²) in [5.41, 5.74) is 6.09. The van der Waals surface area contributed by atoms with E-state index in [4.69, 9.17) is 14.6 Å². The van der Waals surface area contributed by atoms with Crippen molar-refractivity contribution in [2.45, 2.75) is 92.1 Å². The number of amides is 1. The van der Waals surface area contributed by atoms with Crippen LogP contribution in [0.4, 0.5) is 0 Å². The molecule has 0 radical (unpaired) electrons. The van der Waals surface area contributed by atoms with Gasteiger partial charge in [0, 0.05) is 0 Å². The summed E-state index contributed by atoms with van der Waals surface area (Å²) in [4.78, 5) is 35.1. The quantitative estimate of drug-likeness (QED) is 0.119. The lowest BCUT2D eigenvalue weighted by atomic mass is 10.0. The number of nitrogens with one attached hydrogen (secondary N) is 1. The van der Waals surface area contributed by atoms with Crippen molar-refractivity contribution in [2.24, 2.45) is 0 Å². The first kappa shape index (κ1) is 29.5. The Labute approximate surface area is 188 Å². The Kier molecular flexibility index (Phi) is 15.4. The monoisotopic (exact) mass is 455 g/mol. The molecular weight excluding hydrogens is 413 g/mol. The van der Waals surface area contributed by atoms with Gasteiger partial charge in [0.2, 0.25) is 0 Å². The van der Waals surface area contributed by atoms with Gasteiger partial charge in [-0.15, -0.1) is 0 Å². The van der Waals surface area contributed by atoms with E-state index in [1.807, 2.05) is 13.0 Å². The van der Waals surface area contributed by atoms with Crippen molar-refractivity contribution in [1.29, 1.82) is 0 Å². The van der Waals surface area contributed by atoms with Gasteiger partial charge >= 0.3 is 7.60 Å². The summed E-state index contributed by atoms with van der Waals surface area (Å²) >= 11 is 0. The number of carbonyl (C=O) groups is 1. The van der Waals surface area contributed by atoms with Crippen molar-refractivity contribution in [2.75, 3.05) is 6.61 Å². The highest BCUT2D eigenvalue weighted by Crippen LogP contribution is 2.42. The molecule has 0 rings (SSSR count). The maximum absolute atomic E-state index is 11.8. The molecule has 1 unspecified atom stereocenters. The Morgan fingerprint density at radius 2 is 1.32 bits per heavy atom. The topological polar surface area (TPSA) is 95.9 Å². The van der Waals surface area contributed by atoms with Gasteiger partial charge in [-0.1, -0.05) is 53.5 Å². The molecule has 0 fully saturated rings. The van der Waals surface area contributed by atoms with E-state index >= 15 is 0 Å². The summed E-state index contributed by atoms with van der Waals surface area (Å²) in [6.45, 7) is 12.3. The maximum atomic E-state index is 11.8. The number of hydroxylamine groups is 1. The lowest BCUT2D eigenvalue weighted by Crippen LogP contribution is -2.34. The van der Waals surface area contributed by atoms with Crippen molar-refractivity contribution in [1.82, 2.24) is 5.48 Å². The average Bonchev–Trinajstić information content (AvgIpc) is 2.64. The third-order valence-electron chi connectivity index (χ3n) is 4.94. The zero-order valence-corrected chi connectivity index (χ0v) is 21.0. The van der Waals surface area contributed by atoms with E-state index in [1.165, 1.54) is 16.7 Å². The SMILES string of the molecule is CCC(C(=O)NOC/C=C(\C)CC/C=C(\C)CC/C=C(\C)CCC=C(C)C)P(=O)(O)O. The van der Waals surface area contributed by atoms with Crippen molar-refractivity contribution in [3.63, 3.8) is 0 Å². The lowest BCUT2D eigenvalue weighted by molar-refractivity contribution is -0.132. The molecule has 6 nitrogen and oxygen atoms in total. The second kappa shape index (κ2) is 16.2. The molecule has 1 atom stereocenters. The van der Waals surface area contributed by atoms with Crippen molar-refractivity contribution in [3.05, 3.63) is 46.6 Å². The van der Waals surface area contributed by atoms with Gasteiger partial charge in [-0.05, 0) is 79.6 Å². The Morgan fingerprint density at radius 1 is 0.871 bits per heavy atom. The molecule has 3 N–H and O–H groups in total. The van der Waals surface area contributed by atoms with E-state index in [-0.39, 0.29) is 13.0 Å². The Morgan fingerprint density at radius 3 is 1.74 bits per heavy atom. The molecule has 178 valence electrons. The highest BCUT2D eigenvalue weighted by molar-refractivity contribution is 7.53. The molecule has 0 aliphatic heterocycles. The fourth-order valence-electron chi connectivity index (χ4n) is 2.93. The smallest absolute Gasteiger partial charge is 0.324 e. The molecular formula is C24H42NO5P. The summed E-state index contributed by atoms with van der Waals surface area (Å²) in [6, 6.07) is 0. The van der Waals surface area contributed by atoms with Gasteiger partial charge in [-0.3, -0.25) is 14.2 Å². The van der Waals surface area contributed by atoms with Crippen LogP contribution >= 0.6 is 7.60 Å². The van der Waals surface area contributed by atoms with E-state index in [0.717, 1.165) is 44.1 Å². The number of hydrogen-bond donors (Lipinski definition) is 3. The van der Waals surface area contributed by atoms with E-state index in [2.05, 4.69) is 51.4 Å². The summed E-state index contributed by atoms with van der Waals surface area (Å²) < 4.78 is 11.2. The van der Waals surface area contributed by atoms with Crippen LogP contribution in [0.25, 0.3) is 0 Å². The molecule has 0 aromatic rings. The molecule has 0 saturated heterocycles. The van der Waals surface area contributed by atoms with E-state index < -0.39 is 19.2 Å². The standard InChI is InChI=1S/C24H42NO5P/c1-7-23(31(27,28)29)24(26)25-30-18-17-22(6)16-10-15-21(5)14-9-13-20(4)12-8-11-19(2)3/h11,13,15,17,23H,7-10,12,14,16,18H2,1-6H3,(H,25,26)(H2,27,28,29)/b20-13+,21-15+,22-17+. The highest BCUT2D eigenvalue weighted by atomic mass is 31.2. The fraction of sp³-hybridized carbons (Fsp3) is 0.625. The predicted molar refractivity (Wildman–Crippen MR) is 129 cm³/mol. The molecule has 1 amide bonds. The van der Waals surface area contributed by atoms with Crippen LogP contribution in [0.2, 0.25) is 0 Å². The van der Waals surface area contributed by atoms with Crippen LogP contribution in [0.3, 0.4) is 0 Å². The minimum atomic E-state index is -4.47.